The van der Waals surface area contributed by atoms with Crippen LogP contribution in [0, 0.1) is 0 Å². The van der Waals surface area contributed by atoms with Crippen LogP contribution >= 0.6 is 15.9 Å². The van der Waals surface area contributed by atoms with E-state index < -0.39 is 17.9 Å². The van der Waals surface area contributed by atoms with Crippen LogP contribution in [0.1, 0.15) is 99.1 Å². The molecular weight excluding hydrogens is 1550 g/mol. The summed E-state index contributed by atoms with van der Waals surface area (Å²) in [4.78, 5) is 41.5. The molecule has 0 atom stereocenters. The first-order valence-corrected chi connectivity index (χ1v) is 39.0. The van der Waals surface area contributed by atoms with E-state index in [2.05, 4.69) is 84.0 Å². The van der Waals surface area contributed by atoms with Gasteiger partial charge in [-0.15, -0.1) is 0 Å². The van der Waals surface area contributed by atoms with E-state index >= 15 is 0 Å². The van der Waals surface area contributed by atoms with Gasteiger partial charge in [0.2, 0.25) is 0 Å². The van der Waals surface area contributed by atoms with Gasteiger partial charge in [-0.1, -0.05) is 94.8 Å². The van der Waals surface area contributed by atoms with Crippen LogP contribution in [0.25, 0.3) is 66.1 Å². The molecule has 0 amide bonds. The summed E-state index contributed by atoms with van der Waals surface area (Å²) in [5.41, 5.74) is 21.8. The van der Waals surface area contributed by atoms with Gasteiger partial charge in [-0.05, 0) is 285 Å². The molecule has 0 heterocycles. The molecule has 0 fully saturated rings. The first-order valence-electron chi connectivity index (χ1n) is 37.9. The summed E-state index contributed by atoms with van der Waals surface area (Å²) < 4.78 is 35.8. The van der Waals surface area contributed by atoms with Gasteiger partial charge in [-0.2, -0.15) is 0 Å². The smallest absolute Gasteiger partial charge is 0.702 e. The molecular formula is C91H104BBrN3NaO19. The van der Waals surface area contributed by atoms with Crippen molar-refractivity contribution in [1.29, 1.82) is 0 Å². The minimum Gasteiger partial charge on any atom is -0.702 e. The van der Waals surface area contributed by atoms with Crippen molar-refractivity contribution < 1.29 is 123 Å². The number of carbonyl (C=O) groups excluding carboxylic acids is 3. The van der Waals surface area contributed by atoms with Crippen molar-refractivity contribution >= 4 is 69.4 Å². The fourth-order valence-corrected chi connectivity index (χ4v) is 13.0. The molecule has 10 aromatic carbocycles. The number of carbonyl (C=O) groups is 4. The van der Waals surface area contributed by atoms with Gasteiger partial charge in [0.15, 0.2) is 0 Å². The Bertz CT molecular complexity index is 4830. The molecule has 25 heteroatoms. The Morgan fingerprint density at radius 3 is 1.41 bits per heavy atom. The Kier molecular flexibility index (Phi) is 41.6. The number of aliphatic hydroxyl groups is 3. The van der Waals surface area contributed by atoms with Crippen molar-refractivity contribution in [2.24, 2.45) is 5.73 Å². The first kappa shape index (κ1) is 94.6. The van der Waals surface area contributed by atoms with E-state index in [1.54, 1.807) is 51.7 Å². The molecule has 0 bridgehead atoms. The number of fused-ring (bicyclic) bond motifs is 8. The normalized spacial score (nSPS) is 11.5. The number of carboxylic acid groups (broad SMARTS) is 1. The maximum Gasteiger partial charge on any atom is 1.00 e. The first-order chi connectivity index (χ1) is 55.7. The molecule has 3 aliphatic rings. The predicted octanol–water partition coefficient (Wildman–Crippen LogP) is 12.5. The fraction of sp³-hybridized carbons (Fsp3) is 0.297. The molecule has 2 radical (unpaired) electrons. The molecule has 0 spiro atoms. The number of aliphatic carboxylic acids is 1. The fourth-order valence-electron chi connectivity index (χ4n) is 12.8. The van der Waals surface area contributed by atoms with Gasteiger partial charge >= 0.3 is 29.6 Å². The van der Waals surface area contributed by atoms with E-state index in [1.165, 1.54) is 41.7 Å². The van der Waals surface area contributed by atoms with Gasteiger partial charge < -0.3 is 84.9 Å². The zero-order valence-corrected chi connectivity index (χ0v) is 70.5. The number of halogens is 1. The second-order valence-corrected chi connectivity index (χ2v) is 27.5. The van der Waals surface area contributed by atoms with E-state index in [-0.39, 0.29) is 72.4 Å². The Morgan fingerprint density at radius 1 is 0.526 bits per heavy atom. The van der Waals surface area contributed by atoms with Gasteiger partial charge in [-0.3, -0.25) is 24.1 Å². The molecule has 116 heavy (non-hydrogen) atoms. The second kappa shape index (κ2) is 51.0. The molecule has 608 valence electrons. The van der Waals surface area contributed by atoms with Crippen LogP contribution in [-0.2, 0) is 59.2 Å². The van der Waals surface area contributed by atoms with Crippen LogP contribution in [0.15, 0.2) is 205 Å². The van der Waals surface area contributed by atoms with Crippen LogP contribution in [-0.4, -0.2) is 164 Å². The topological polar surface area (TPSA) is 336 Å². The molecule has 3 aliphatic carbocycles. The molecule has 11 N–H and O–H groups in total. The largest absolute Gasteiger partial charge is 1.00 e. The molecule has 0 saturated carbocycles. The number of alkyl halides is 1. The van der Waals surface area contributed by atoms with Crippen LogP contribution in [0.3, 0.4) is 0 Å². The zero-order chi connectivity index (χ0) is 83.0. The van der Waals surface area contributed by atoms with Gasteiger partial charge in [0.1, 0.15) is 60.0 Å². The van der Waals surface area contributed by atoms with Gasteiger partial charge in [0.05, 0.1) is 40.3 Å². The average Bonchev–Trinajstić information content (AvgIpc) is 1.56. The van der Waals surface area contributed by atoms with Crippen molar-refractivity contribution in [2.75, 3.05) is 85.9 Å². The number of rotatable bonds is 29. The molecule has 0 aromatic heterocycles. The average molecular weight is 1660 g/mol. The molecule has 0 aliphatic heterocycles. The number of ether oxygens (including phenoxy) is 5. The summed E-state index contributed by atoms with van der Waals surface area (Å²) >= 11 is 3.44. The van der Waals surface area contributed by atoms with Crippen molar-refractivity contribution in [1.82, 2.24) is 10.2 Å². The zero-order valence-electron chi connectivity index (χ0n) is 67.0. The van der Waals surface area contributed by atoms with E-state index in [0.717, 1.165) is 209 Å². The number of carboxylic acids is 1. The Morgan fingerprint density at radius 2 is 0.991 bits per heavy atom. The number of phenols is 4. The van der Waals surface area contributed by atoms with E-state index in [4.69, 9.17) is 49.5 Å². The van der Waals surface area contributed by atoms with Crippen LogP contribution in [0.2, 0.25) is 0 Å². The molecule has 0 saturated heterocycles. The van der Waals surface area contributed by atoms with Crippen molar-refractivity contribution in [2.45, 2.75) is 91.6 Å². The van der Waals surface area contributed by atoms with Crippen molar-refractivity contribution in [3.8, 4) is 90.5 Å². The van der Waals surface area contributed by atoms with Crippen LogP contribution in [0.4, 0.5) is 0 Å². The van der Waals surface area contributed by atoms with Gasteiger partial charge in [0, 0.05) is 78.5 Å². The number of aldehydes is 1. The number of hydrogen-bond acceptors (Lipinski definition) is 21. The number of methoxy groups -OCH3 is 3. The number of aromatic hydroxyl groups is 4. The third-order valence-corrected chi connectivity index (χ3v) is 18.7. The quantitative estimate of drug-likeness (QED) is 0.00901. The standard InChI is InChI=1S/C37H37NO5.C26H21BrO3.C11H17NO2.C8H10O2.C4H6BO4.C3H9NO.C2H4O2.Na/c1-42-31-12-7-25(8-13-31)24-38(15-3-17-39)16-4-18-43-32-6-2-5-27(20-32)37-34-23-30(41)10-9-26(34)21-35-33-14-11-29(40)19-28(33)22-36(35)37;27-9-2-10-30-21-4-1-3-17(12-21)26-23-15-20(29)6-5-16(23)13-24-22-8-7-19(28)11-18(22)14-25(24)26;1-14-11-5-3-10(4-6-11)9-12-7-2-8-13;1-10-8-4-2-7(6-9)3-5-8;1-3(6)8-5-9-4(2)7;4-2-1-3-5;1-2(3)4;/h2,5-14,19-21,23,39-41H,3-4,15-18,22,24H2,1H3;1,3-8,11-13,15,28-29H,2,9-10,14H2;3-6,12-13H,2,7-9H2,1H3;2,4,6H,3,5H2,1H3;1-2H3;5H,1-4H2;1H3,(H,3,4);/q;;;;-1;;;+1. The number of aliphatic hydroxyl groups excluding tert-OH is 3. The number of hydrogen-bond donors (Lipinski definition) is 10. The minimum atomic E-state index is -0.833. The maximum absolute atomic E-state index is 10.4. The van der Waals surface area contributed by atoms with Crippen molar-refractivity contribution in [3.63, 3.8) is 0 Å². The molecule has 22 nitrogen and oxygen atoms in total. The van der Waals surface area contributed by atoms with E-state index in [0.29, 0.717) is 33.9 Å². The van der Waals surface area contributed by atoms with Gasteiger partial charge in [0.25, 0.3) is 17.9 Å². The Balaban J connectivity index is 0.000000246. The second-order valence-electron chi connectivity index (χ2n) is 26.8. The number of nitrogens with two attached hydrogens (primary N) is 1. The summed E-state index contributed by atoms with van der Waals surface area (Å²) in [6.45, 7) is 10.1. The monoisotopic (exact) mass is 1660 g/mol. The third-order valence-electron chi connectivity index (χ3n) is 18.2. The maximum atomic E-state index is 10.4. The summed E-state index contributed by atoms with van der Waals surface area (Å²) in [6.07, 6.45) is 11.7. The SMILES string of the molecule is CC(=O)O.CC(=O)O[B-]OC(C)=O.COC1=CC=C(C=O)CC1.COc1ccc(CN(CCCO)CCCOc2cccc(-c3c4c(cc5ccc(O)cc35)-c3ccc(O)cc3C4)c2)cc1.COc1ccc(CNCCCO)cc1.NCCCO.Oc1ccc2c(c1)Cc1c-2cc2ccc(O)cc2c1-c1cccc(OCCCBr)c1.[Na+]. The van der Waals surface area contributed by atoms with Crippen LogP contribution in [0.5, 0.6) is 46.0 Å². The molecule has 10 aromatic rings. The summed E-state index contributed by atoms with van der Waals surface area (Å²) in [6, 6.07) is 59.0. The summed E-state index contributed by atoms with van der Waals surface area (Å²) in [5, 5.41) is 82.4. The Labute approximate surface area is 709 Å². The van der Waals surface area contributed by atoms with Gasteiger partial charge in [-0.25, -0.2) is 0 Å². The number of phenolic OH excluding ortho intramolecular Hbond substituents is 4. The number of allylic oxidation sites excluding steroid dienone is 4. The van der Waals surface area contributed by atoms with E-state index in [1.807, 2.05) is 115 Å². The molecule has 0 unspecified atom stereocenters. The minimum absolute atomic E-state index is 0. The van der Waals surface area contributed by atoms with Crippen LogP contribution < -0.4 is 59.6 Å². The number of nitrogens with zero attached hydrogens (tertiary/aromatic N) is 1. The summed E-state index contributed by atoms with van der Waals surface area (Å²) in [7, 11) is 5.67. The predicted molar refractivity (Wildman–Crippen MR) is 454 cm³/mol. The summed E-state index contributed by atoms with van der Waals surface area (Å²) in [5.74, 6) is 3.48. The molecule has 13 rings (SSSR count). The number of benzene rings is 10. The van der Waals surface area contributed by atoms with Crippen molar-refractivity contribution in [3.05, 3.63) is 239 Å². The number of nitrogens with one attached hydrogen (secondary N) is 1. The Hall–Kier alpha value is -10.2. The third kappa shape index (κ3) is 30.4. The van der Waals surface area contributed by atoms with E-state index in [9.17, 15) is 39.9 Å².